The maximum atomic E-state index is 11.9. The molecule has 4 nitrogen and oxygen atoms in total. The van der Waals surface area contributed by atoms with Gasteiger partial charge in [0.05, 0.1) is 20.8 Å². The van der Waals surface area contributed by atoms with Gasteiger partial charge in [0.25, 0.3) is 5.91 Å². The maximum Gasteiger partial charge on any atom is 0.271 e. The van der Waals surface area contributed by atoms with Crippen LogP contribution in [0.3, 0.4) is 0 Å². The van der Waals surface area contributed by atoms with Crippen LogP contribution in [0.1, 0.15) is 22.8 Å². The van der Waals surface area contributed by atoms with E-state index in [1.54, 1.807) is 31.2 Å². The number of carbonyl (C=O) groups is 1. The first-order valence-corrected chi connectivity index (χ1v) is 7.31. The van der Waals surface area contributed by atoms with Crippen LogP contribution in [0.2, 0.25) is 15.1 Å². The molecule has 22 heavy (non-hydrogen) atoms. The lowest BCUT2D eigenvalue weighted by Gasteiger charge is -2.07. The molecule has 2 N–H and O–H groups in total. The lowest BCUT2D eigenvalue weighted by molar-refractivity contribution is 0.0954. The van der Waals surface area contributed by atoms with Crippen LogP contribution in [0.25, 0.3) is 0 Å². The molecule has 0 aliphatic heterocycles. The van der Waals surface area contributed by atoms with E-state index in [2.05, 4.69) is 10.5 Å². The van der Waals surface area contributed by atoms with Crippen LogP contribution in [0.5, 0.6) is 5.75 Å². The standard InChI is InChI=1S/C15H11Cl3N2O2/c1-8(11-5-6-12(16)14(18)13(11)17)19-20-15(22)9-3-2-4-10(21)7-9/h2-7,21H,1H3,(H,20,22)/b19-8-. The number of nitrogens with one attached hydrogen (secondary N) is 1. The Morgan fingerprint density at radius 1 is 1.14 bits per heavy atom. The fourth-order valence-electron chi connectivity index (χ4n) is 1.71. The zero-order valence-electron chi connectivity index (χ0n) is 11.4. The van der Waals surface area contributed by atoms with Crippen LogP contribution in [0.15, 0.2) is 41.5 Å². The predicted octanol–water partition coefficient (Wildman–Crippen LogP) is 4.51. The van der Waals surface area contributed by atoms with Crippen molar-refractivity contribution in [3.63, 3.8) is 0 Å². The minimum atomic E-state index is -0.452. The molecule has 0 spiro atoms. The van der Waals surface area contributed by atoms with Gasteiger partial charge in [-0.3, -0.25) is 4.79 Å². The van der Waals surface area contributed by atoms with Crippen LogP contribution in [-0.2, 0) is 0 Å². The Labute approximate surface area is 142 Å². The van der Waals surface area contributed by atoms with Gasteiger partial charge < -0.3 is 5.11 Å². The molecule has 0 saturated carbocycles. The van der Waals surface area contributed by atoms with Crippen molar-refractivity contribution in [2.24, 2.45) is 5.10 Å². The molecule has 0 radical (unpaired) electrons. The molecule has 2 rings (SSSR count). The van der Waals surface area contributed by atoms with Crippen molar-refractivity contribution in [2.45, 2.75) is 6.92 Å². The van der Waals surface area contributed by atoms with E-state index in [-0.39, 0.29) is 21.4 Å². The highest BCUT2D eigenvalue weighted by Crippen LogP contribution is 2.32. The zero-order chi connectivity index (χ0) is 16.3. The monoisotopic (exact) mass is 356 g/mol. The molecule has 0 fully saturated rings. The van der Waals surface area contributed by atoms with Gasteiger partial charge in [-0.2, -0.15) is 5.10 Å². The molecular formula is C15H11Cl3N2O2. The second-order valence-electron chi connectivity index (χ2n) is 4.41. The number of hydrogen-bond donors (Lipinski definition) is 2. The van der Waals surface area contributed by atoms with Crippen LogP contribution in [0.4, 0.5) is 0 Å². The maximum absolute atomic E-state index is 11.9. The molecule has 7 heteroatoms. The topological polar surface area (TPSA) is 61.7 Å². The number of rotatable bonds is 3. The number of halogens is 3. The second kappa shape index (κ2) is 7.01. The van der Waals surface area contributed by atoms with E-state index in [9.17, 15) is 9.90 Å². The number of benzene rings is 2. The van der Waals surface area contributed by atoms with E-state index in [1.165, 1.54) is 12.1 Å². The van der Waals surface area contributed by atoms with Crippen molar-refractivity contribution in [3.8, 4) is 5.75 Å². The molecule has 0 aromatic heterocycles. The molecule has 0 aliphatic carbocycles. The fraction of sp³-hybridized carbons (Fsp3) is 0.0667. The number of amides is 1. The van der Waals surface area contributed by atoms with Crippen molar-refractivity contribution in [1.29, 1.82) is 0 Å². The van der Waals surface area contributed by atoms with Crippen molar-refractivity contribution < 1.29 is 9.90 Å². The molecule has 0 aliphatic rings. The molecule has 0 saturated heterocycles. The smallest absolute Gasteiger partial charge is 0.271 e. The van der Waals surface area contributed by atoms with Gasteiger partial charge in [-0.1, -0.05) is 46.9 Å². The van der Waals surface area contributed by atoms with Crippen LogP contribution in [0, 0.1) is 0 Å². The Morgan fingerprint density at radius 3 is 2.55 bits per heavy atom. The number of phenols is 1. The molecule has 0 atom stereocenters. The largest absolute Gasteiger partial charge is 0.508 e. The molecule has 1 amide bonds. The summed E-state index contributed by atoms with van der Waals surface area (Å²) < 4.78 is 0. The summed E-state index contributed by atoms with van der Waals surface area (Å²) in [6.07, 6.45) is 0. The summed E-state index contributed by atoms with van der Waals surface area (Å²) in [5, 5.41) is 14.2. The third kappa shape index (κ3) is 3.71. The minimum Gasteiger partial charge on any atom is -0.508 e. The highest BCUT2D eigenvalue weighted by molar-refractivity contribution is 6.49. The lowest BCUT2D eigenvalue weighted by atomic mass is 10.1. The summed E-state index contributed by atoms with van der Waals surface area (Å²) in [4.78, 5) is 11.9. The molecule has 0 bridgehead atoms. The Morgan fingerprint density at radius 2 is 1.86 bits per heavy atom. The summed E-state index contributed by atoms with van der Waals surface area (Å²) >= 11 is 17.9. The van der Waals surface area contributed by atoms with E-state index in [0.717, 1.165) is 0 Å². The van der Waals surface area contributed by atoms with Crippen LogP contribution < -0.4 is 5.43 Å². The Kier molecular flexibility index (Phi) is 5.29. The molecule has 0 unspecified atom stereocenters. The van der Waals surface area contributed by atoms with Gasteiger partial charge in [-0.15, -0.1) is 0 Å². The van der Waals surface area contributed by atoms with E-state index in [4.69, 9.17) is 34.8 Å². The number of nitrogens with zero attached hydrogens (tertiary/aromatic N) is 1. The number of aromatic hydroxyl groups is 1. The summed E-state index contributed by atoms with van der Waals surface area (Å²) in [7, 11) is 0. The first-order chi connectivity index (χ1) is 10.4. The van der Waals surface area contributed by atoms with Crippen LogP contribution >= 0.6 is 34.8 Å². The van der Waals surface area contributed by atoms with Crippen molar-refractivity contribution in [1.82, 2.24) is 5.43 Å². The van der Waals surface area contributed by atoms with Gasteiger partial charge in [0.2, 0.25) is 0 Å². The second-order valence-corrected chi connectivity index (χ2v) is 5.57. The quantitative estimate of drug-likeness (QED) is 0.482. The predicted molar refractivity (Wildman–Crippen MR) is 89.3 cm³/mol. The summed E-state index contributed by atoms with van der Waals surface area (Å²) in [5.41, 5.74) is 3.71. The minimum absolute atomic E-state index is 0.000814. The third-order valence-electron chi connectivity index (χ3n) is 2.86. The summed E-state index contributed by atoms with van der Waals surface area (Å²) in [6, 6.07) is 9.20. The van der Waals surface area contributed by atoms with E-state index >= 15 is 0 Å². The van der Waals surface area contributed by atoms with Gasteiger partial charge >= 0.3 is 0 Å². The van der Waals surface area contributed by atoms with E-state index < -0.39 is 5.91 Å². The third-order valence-corrected chi connectivity index (χ3v) is 4.15. The van der Waals surface area contributed by atoms with E-state index in [1.807, 2.05) is 0 Å². The molecule has 2 aromatic rings. The Balaban J connectivity index is 2.20. The molecule has 114 valence electrons. The zero-order valence-corrected chi connectivity index (χ0v) is 13.7. The molecule has 0 heterocycles. The van der Waals surface area contributed by atoms with Crippen molar-refractivity contribution >= 4 is 46.4 Å². The number of hydrogen-bond acceptors (Lipinski definition) is 3. The van der Waals surface area contributed by atoms with Crippen LogP contribution in [-0.4, -0.2) is 16.7 Å². The first-order valence-electron chi connectivity index (χ1n) is 6.17. The lowest BCUT2D eigenvalue weighted by Crippen LogP contribution is -2.19. The number of hydrazone groups is 1. The molecule has 2 aromatic carbocycles. The average molecular weight is 358 g/mol. The Bertz CT molecular complexity index is 760. The van der Waals surface area contributed by atoms with Gasteiger partial charge in [0.15, 0.2) is 0 Å². The van der Waals surface area contributed by atoms with Gasteiger partial charge in [-0.25, -0.2) is 5.43 Å². The number of phenolic OH excluding ortho intramolecular Hbond substituents is 1. The summed E-state index contributed by atoms with van der Waals surface area (Å²) in [5.74, 6) is -0.452. The summed E-state index contributed by atoms with van der Waals surface area (Å²) in [6.45, 7) is 1.67. The molecular weight excluding hydrogens is 347 g/mol. The van der Waals surface area contributed by atoms with Gasteiger partial charge in [-0.05, 0) is 31.2 Å². The van der Waals surface area contributed by atoms with E-state index in [0.29, 0.717) is 16.3 Å². The highest BCUT2D eigenvalue weighted by Gasteiger charge is 2.12. The first kappa shape index (κ1) is 16.6. The Hall–Kier alpha value is -1.75. The average Bonchev–Trinajstić information content (AvgIpc) is 2.50. The fourth-order valence-corrected chi connectivity index (χ4v) is 2.38. The number of carbonyl (C=O) groups excluding carboxylic acids is 1. The van der Waals surface area contributed by atoms with Crippen molar-refractivity contribution in [3.05, 3.63) is 62.6 Å². The normalized spacial score (nSPS) is 11.4. The van der Waals surface area contributed by atoms with Gasteiger partial charge in [0.1, 0.15) is 5.75 Å². The van der Waals surface area contributed by atoms with Gasteiger partial charge in [0, 0.05) is 11.1 Å². The SMILES string of the molecule is C/C(=N/NC(=O)c1cccc(O)c1)c1ccc(Cl)c(Cl)c1Cl. The highest BCUT2D eigenvalue weighted by atomic mass is 35.5. The van der Waals surface area contributed by atoms with Crippen molar-refractivity contribution in [2.75, 3.05) is 0 Å².